The summed E-state index contributed by atoms with van der Waals surface area (Å²) in [5, 5.41) is 9.10. The van der Waals surface area contributed by atoms with Crippen LogP contribution in [0.25, 0.3) is 22.5 Å². The minimum atomic E-state index is -0.955. The molecule has 2 heterocycles. The van der Waals surface area contributed by atoms with E-state index in [1.54, 1.807) is 6.92 Å². The van der Waals surface area contributed by atoms with Gasteiger partial charge in [-0.1, -0.05) is 33.8 Å². The van der Waals surface area contributed by atoms with E-state index >= 15 is 0 Å². The van der Waals surface area contributed by atoms with Crippen LogP contribution < -0.4 is 4.74 Å². The maximum atomic E-state index is 11.1. The molecule has 0 spiro atoms. The molecule has 0 atom stereocenters. The molecule has 5 heteroatoms. The van der Waals surface area contributed by atoms with Crippen LogP contribution in [0, 0.1) is 0 Å². The Labute approximate surface area is 178 Å². The minimum Gasteiger partial charge on any atom is -0.493 e. The van der Waals surface area contributed by atoms with Gasteiger partial charge in [-0.25, -0.2) is 9.78 Å². The van der Waals surface area contributed by atoms with Gasteiger partial charge in [0.15, 0.2) is 0 Å². The van der Waals surface area contributed by atoms with Gasteiger partial charge >= 0.3 is 5.97 Å². The predicted molar refractivity (Wildman–Crippen MR) is 121 cm³/mol. The van der Waals surface area contributed by atoms with Crippen LogP contribution in [0.5, 0.6) is 5.75 Å². The van der Waals surface area contributed by atoms with Gasteiger partial charge in [0.25, 0.3) is 0 Å². The summed E-state index contributed by atoms with van der Waals surface area (Å²) < 4.78 is 8.15. The van der Waals surface area contributed by atoms with Crippen molar-refractivity contribution in [3.05, 3.63) is 59.4 Å². The molecule has 3 rings (SSSR count). The van der Waals surface area contributed by atoms with Crippen LogP contribution in [0.1, 0.15) is 70.1 Å². The second-order valence-corrected chi connectivity index (χ2v) is 8.18. The molecule has 0 aliphatic rings. The summed E-state index contributed by atoms with van der Waals surface area (Å²) in [6.45, 7) is 13.1. The number of benzene rings is 1. The van der Waals surface area contributed by atoms with E-state index in [1.807, 2.05) is 35.9 Å². The molecule has 0 saturated heterocycles. The van der Waals surface area contributed by atoms with Gasteiger partial charge in [0.1, 0.15) is 11.4 Å². The molecule has 1 N–H and O–H groups in total. The number of hydrogen-bond donors (Lipinski definition) is 1. The quantitative estimate of drug-likeness (QED) is 0.479. The summed E-state index contributed by atoms with van der Waals surface area (Å²) in [6, 6.07) is 8.25. The first-order chi connectivity index (χ1) is 14.2. The first-order valence-electron chi connectivity index (χ1n) is 10.4. The van der Waals surface area contributed by atoms with Crippen molar-refractivity contribution in [1.82, 2.24) is 9.38 Å². The molecule has 0 unspecified atom stereocenters. The van der Waals surface area contributed by atoms with Crippen LogP contribution in [0.15, 0.2) is 42.7 Å². The molecule has 0 amide bonds. The number of aliphatic carboxylic acids is 1. The summed E-state index contributed by atoms with van der Waals surface area (Å²) >= 11 is 0. The average molecular weight is 407 g/mol. The highest BCUT2D eigenvalue weighted by Crippen LogP contribution is 2.40. The molecular formula is C25H30N2O3. The van der Waals surface area contributed by atoms with Gasteiger partial charge in [0.05, 0.1) is 18.5 Å². The third-order valence-electron chi connectivity index (χ3n) is 5.29. The number of carboxylic acid groups (broad SMARTS) is 1. The molecule has 1 aromatic carbocycles. The summed E-state index contributed by atoms with van der Waals surface area (Å²) in [5.74, 6) is 0.636. The third-order valence-corrected chi connectivity index (χ3v) is 5.29. The third kappa shape index (κ3) is 4.25. The Morgan fingerprint density at radius 3 is 2.53 bits per heavy atom. The number of carbonyl (C=O) groups is 1. The Balaban J connectivity index is 2.29. The van der Waals surface area contributed by atoms with E-state index in [0.29, 0.717) is 24.0 Å². The Kier molecular flexibility index (Phi) is 6.30. The van der Waals surface area contributed by atoms with Gasteiger partial charge in [-0.05, 0) is 66.1 Å². The highest BCUT2D eigenvalue weighted by atomic mass is 16.5. The second kappa shape index (κ2) is 8.74. The first kappa shape index (κ1) is 21.6. The van der Waals surface area contributed by atoms with Crippen molar-refractivity contribution in [2.24, 2.45) is 0 Å². The van der Waals surface area contributed by atoms with E-state index in [-0.39, 0.29) is 0 Å². The minimum absolute atomic E-state index is 0.319. The molecule has 0 fully saturated rings. The van der Waals surface area contributed by atoms with Gasteiger partial charge in [-0.2, -0.15) is 0 Å². The number of imidazole rings is 1. The van der Waals surface area contributed by atoms with Crippen LogP contribution in [-0.2, 0) is 4.79 Å². The molecule has 5 nitrogen and oxygen atoms in total. The first-order valence-corrected chi connectivity index (χ1v) is 10.4. The lowest BCUT2D eigenvalue weighted by Crippen LogP contribution is -2.04. The van der Waals surface area contributed by atoms with Crippen molar-refractivity contribution >= 4 is 17.2 Å². The molecule has 0 aliphatic heterocycles. The molecule has 3 aromatic rings. The van der Waals surface area contributed by atoms with Crippen molar-refractivity contribution in [3.8, 4) is 17.0 Å². The number of aromatic nitrogens is 2. The largest absolute Gasteiger partial charge is 0.493 e. The molecular weight excluding hydrogens is 376 g/mol. The Morgan fingerprint density at radius 2 is 1.93 bits per heavy atom. The van der Waals surface area contributed by atoms with Crippen LogP contribution in [0.4, 0.5) is 0 Å². The molecule has 2 aromatic heterocycles. The summed E-state index contributed by atoms with van der Waals surface area (Å²) in [5.41, 5.74) is 6.72. The Hall–Kier alpha value is -3.08. The zero-order chi connectivity index (χ0) is 22.0. The van der Waals surface area contributed by atoms with Crippen LogP contribution >= 0.6 is 0 Å². The van der Waals surface area contributed by atoms with Crippen molar-refractivity contribution < 1.29 is 14.6 Å². The van der Waals surface area contributed by atoms with E-state index in [1.165, 1.54) is 17.2 Å². The average Bonchev–Trinajstić information content (AvgIpc) is 3.10. The summed E-state index contributed by atoms with van der Waals surface area (Å²) in [6.07, 6.45) is 5.03. The van der Waals surface area contributed by atoms with Gasteiger partial charge < -0.3 is 9.84 Å². The number of hydrogen-bond acceptors (Lipinski definition) is 3. The normalized spacial score (nSPS) is 12.2. The fourth-order valence-electron chi connectivity index (χ4n) is 3.61. The number of fused-ring (bicyclic) bond motifs is 1. The lowest BCUT2D eigenvalue weighted by Gasteiger charge is -2.20. The van der Waals surface area contributed by atoms with Crippen molar-refractivity contribution in [2.45, 2.75) is 53.4 Å². The standard InChI is InChI=1S/C25H30N2O3/c1-7-30-25-20(16(4)5)11-19(15(2)3)12-21(25)22-13-26-23-9-8-18(14-27(22)23)17(6)10-24(28)29/h8-16H,7H2,1-6H3,(H,28,29)/b17-10-. The SMILES string of the molecule is CCOc1c(-c2cnc3ccc(/C(C)=C\C(=O)O)cn23)cc(C(C)C)cc1C(C)C. The van der Waals surface area contributed by atoms with Crippen LogP contribution in [0.3, 0.4) is 0 Å². The lowest BCUT2D eigenvalue weighted by molar-refractivity contribution is -0.131. The van der Waals surface area contributed by atoms with Crippen molar-refractivity contribution in [1.29, 1.82) is 0 Å². The maximum absolute atomic E-state index is 11.1. The zero-order valence-corrected chi connectivity index (χ0v) is 18.6. The Morgan fingerprint density at radius 1 is 1.20 bits per heavy atom. The topological polar surface area (TPSA) is 63.8 Å². The smallest absolute Gasteiger partial charge is 0.328 e. The van der Waals surface area contributed by atoms with Gasteiger partial charge in [-0.15, -0.1) is 0 Å². The van der Waals surface area contributed by atoms with Crippen molar-refractivity contribution in [2.75, 3.05) is 6.61 Å². The molecule has 30 heavy (non-hydrogen) atoms. The van der Waals surface area contributed by atoms with Crippen LogP contribution in [0.2, 0.25) is 0 Å². The molecule has 158 valence electrons. The van der Waals surface area contributed by atoms with Crippen LogP contribution in [-0.4, -0.2) is 27.1 Å². The number of nitrogens with zero attached hydrogens (tertiary/aromatic N) is 2. The van der Waals surface area contributed by atoms with Gasteiger partial charge in [0, 0.05) is 17.8 Å². The van der Waals surface area contributed by atoms with E-state index in [0.717, 1.165) is 28.2 Å². The Bertz CT molecular complexity index is 1110. The summed E-state index contributed by atoms with van der Waals surface area (Å²) in [7, 11) is 0. The van der Waals surface area contributed by atoms with E-state index in [2.05, 4.69) is 44.8 Å². The second-order valence-electron chi connectivity index (χ2n) is 8.18. The lowest BCUT2D eigenvalue weighted by atomic mass is 9.91. The van der Waals surface area contributed by atoms with Crippen molar-refractivity contribution in [3.63, 3.8) is 0 Å². The number of allylic oxidation sites excluding steroid dienone is 1. The fraction of sp³-hybridized carbons (Fsp3) is 0.360. The van der Waals surface area contributed by atoms with Gasteiger partial charge in [-0.3, -0.25) is 4.40 Å². The highest BCUT2D eigenvalue weighted by Gasteiger charge is 2.20. The molecule has 0 aliphatic carbocycles. The number of ether oxygens (including phenoxy) is 1. The maximum Gasteiger partial charge on any atom is 0.328 e. The molecule has 0 radical (unpaired) electrons. The fourth-order valence-corrected chi connectivity index (χ4v) is 3.61. The van der Waals surface area contributed by atoms with E-state index in [9.17, 15) is 4.79 Å². The molecule has 0 saturated carbocycles. The highest BCUT2D eigenvalue weighted by molar-refractivity contribution is 5.89. The summed E-state index contributed by atoms with van der Waals surface area (Å²) in [4.78, 5) is 15.7. The van der Waals surface area contributed by atoms with Gasteiger partial charge in [0.2, 0.25) is 0 Å². The van der Waals surface area contributed by atoms with E-state index in [4.69, 9.17) is 9.84 Å². The number of pyridine rings is 1. The predicted octanol–water partition coefficient (Wildman–Crippen LogP) is 6.13. The monoisotopic (exact) mass is 406 g/mol. The number of rotatable bonds is 7. The van der Waals surface area contributed by atoms with E-state index < -0.39 is 5.97 Å². The molecule has 0 bridgehead atoms. The zero-order valence-electron chi connectivity index (χ0n) is 18.6. The number of carboxylic acids is 1.